The molecule has 0 aliphatic carbocycles. The Balaban J connectivity index is 2.28. The average Bonchev–Trinajstić information content (AvgIpc) is 2.73. The van der Waals surface area contributed by atoms with Crippen LogP contribution in [0.2, 0.25) is 0 Å². The topological polar surface area (TPSA) is 38.8 Å². The summed E-state index contributed by atoms with van der Waals surface area (Å²) in [6.45, 7) is 5.55. The van der Waals surface area contributed by atoms with E-state index in [0.717, 1.165) is 5.69 Å². The maximum absolute atomic E-state index is 11.7. The minimum atomic E-state index is -0.112. The summed E-state index contributed by atoms with van der Waals surface area (Å²) in [5.41, 5.74) is 1.26. The zero-order valence-electron chi connectivity index (χ0n) is 9.32. The Hall–Kier alpha value is -1.97. The third-order valence-electron chi connectivity index (χ3n) is 2.41. The number of carbonyl (C=O) groups is 1. The second-order valence-electron chi connectivity index (χ2n) is 3.68. The van der Waals surface area contributed by atoms with Gasteiger partial charge in [0, 0.05) is 24.4 Å². The van der Waals surface area contributed by atoms with Gasteiger partial charge in [0.2, 0.25) is 6.79 Å². The quantitative estimate of drug-likeness (QED) is 0.714. The monoisotopic (exact) mass is 219 g/mol. The van der Waals surface area contributed by atoms with Crippen LogP contribution in [0.1, 0.15) is 6.92 Å². The molecule has 84 valence electrons. The van der Waals surface area contributed by atoms with Crippen LogP contribution in [0.25, 0.3) is 0 Å². The van der Waals surface area contributed by atoms with Crippen LogP contribution in [0.5, 0.6) is 11.5 Å². The summed E-state index contributed by atoms with van der Waals surface area (Å²) < 4.78 is 10.4. The van der Waals surface area contributed by atoms with E-state index in [1.807, 2.05) is 6.07 Å². The summed E-state index contributed by atoms with van der Waals surface area (Å²) in [5, 5.41) is 0. The molecule has 1 aliphatic rings. The molecule has 1 aliphatic heterocycles. The Morgan fingerprint density at radius 3 is 2.75 bits per heavy atom. The first-order chi connectivity index (χ1) is 7.59. The number of fused-ring (bicyclic) bond motifs is 1. The largest absolute Gasteiger partial charge is 0.454 e. The van der Waals surface area contributed by atoms with Gasteiger partial charge in [-0.15, -0.1) is 0 Å². The smallest absolute Gasteiger partial charge is 0.253 e. The van der Waals surface area contributed by atoms with Gasteiger partial charge < -0.3 is 14.4 Å². The van der Waals surface area contributed by atoms with Gasteiger partial charge in [0.1, 0.15) is 0 Å². The number of anilines is 1. The van der Waals surface area contributed by atoms with Crippen LogP contribution in [0.15, 0.2) is 30.4 Å². The zero-order valence-corrected chi connectivity index (χ0v) is 9.32. The summed E-state index contributed by atoms with van der Waals surface area (Å²) in [6.07, 6.45) is 0. The van der Waals surface area contributed by atoms with Crippen molar-refractivity contribution in [1.29, 1.82) is 0 Å². The van der Waals surface area contributed by atoms with Crippen molar-refractivity contribution in [2.45, 2.75) is 6.92 Å². The number of benzene rings is 1. The van der Waals surface area contributed by atoms with Gasteiger partial charge in [-0.1, -0.05) is 6.58 Å². The van der Waals surface area contributed by atoms with E-state index in [-0.39, 0.29) is 12.7 Å². The summed E-state index contributed by atoms with van der Waals surface area (Å²) in [6, 6.07) is 5.39. The Labute approximate surface area is 94.1 Å². The molecule has 0 radical (unpaired) electrons. The van der Waals surface area contributed by atoms with E-state index >= 15 is 0 Å². The van der Waals surface area contributed by atoms with Crippen LogP contribution < -0.4 is 14.4 Å². The van der Waals surface area contributed by atoms with E-state index in [9.17, 15) is 4.79 Å². The number of rotatable bonds is 2. The number of hydrogen-bond acceptors (Lipinski definition) is 3. The number of hydrogen-bond donors (Lipinski definition) is 0. The van der Waals surface area contributed by atoms with Gasteiger partial charge in [-0.2, -0.15) is 0 Å². The van der Waals surface area contributed by atoms with Crippen molar-refractivity contribution < 1.29 is 14.3 Å². The number of nitrogens with zero attached hydrogens (tertiary/aromatic N) is 1. The Kier molecular flexibility index (Phi) is 2.56. The molecule has 1 heterocycles. The Morgan fingerprint density at radius 1 is 1.38 bits per heavy atom. The predicted octanol–water partition coefficient (Wildman–Crippen LogP) is 1.95. The zero-order chi connectivity index (χ0) is 11.7. The lowest BCUT2D eigenvalue weighted by molar-refractivity contribution is -0.114. The molecule has 1 aromatic carbocycles. The van der Waals surface area contributed by atoms with Gasteiger partial charge in [0.25, 0.3) is 5.91 Å². The summed E-state index contributed by atoms with van der Waals surface area (Å²) in [7, 11) is 1.70. The van der Waals surface area contributed by atoms with E-state index in [4.69, 9.17) is 9.47 Å². The summed E-state index contributed by atoms with van der Waals surface area (Å²) in [4.78, 5) is 13.2. The molecular formula is C12H13NO3. The third-order valence-corrected chi connectivity index (χ3v) is 2.41. The van der Waals surface area contributed by atoms with Gasteiger partial charge >= 0.3 is 0 Å². The highest BCUT2D eigenvalue weighted by Crippen LogP contribution is 2.35. The molecule has 0 atom stereocenters. The van der Waals surface area contributed by atoms with Crippen LogP contribution in [0.4, 0.5) is 5.69 Å². The molecule has 0 saturated carbocycles. The van der Waals surface area contributed by atoms with Gasteiger partial charge in [-0.3, -0.25) is 4.79 Å². The van der Waals surface area contributed by atoms with Crippen molar-refractivity contribution in [2.75, 3.05) is 18.7 Å². The summed E-state index contributed by atoms with van der Waals surface area (Å²) >= 11 is 0. The van der Waals surface area contributed by atoms with E-state index in [1.165, 1.54) is 4.90 Å². The fraction of sp³-hybridized carbons (Fsp3) is 0.250. The molecule has 4 nitrogen and oxygen atoms in total. The molecule has 4 heteroatoms. The molecule has 0 unspecified atom stereocenters. The van der Waals surface area contributed by atoms with Gasteiger partial charge in [0.15, 0.2) is 11.5 Å². The molecule has 0 saturated heterocycles. The summed E-state index contributed by atoms with van der Waals surface area (Å²) in [5.74, 6) is 1.26. The van der Waals surface area contributed by atoms with Crippen molar-refractivity contribution in [1.82, 2.24) is 0 Å². The second-order valence-corrected chi connectivity index (χ2v) is 3.68. The number of amides is 1. The van der Waals surface area contributed by atoms with E-state index in [2.05, 4.69) is 6.58 Å². The standard InChI is InChI=1S/C12H13NO3/c1-8(2)12(14)13(3)9-4-5-10-11(6-9)16-7-15-10/h4-6H,1,7H2,2-3H3. The Morgan fingerprint density at radius 2 is 2.06 bits per heavy atom. The maximum Gasteiger partial charge on any atom is 0.253 e. The highest BCUT2D eigenvalue weighted by atomic mass is 16.7. The molecule has 0 fully saturated rings. The first kappa shape index (κ1) is 10.5. The van der Waals surface area contributed by atoms with Crippen LogP contribution in [-0.2, 0) is 4.79 Å². The lowest BCUT2D eigenvalue weighted by Gasteiger charge is -2.17. The van der Waals surface area contributed by atoms with Crippen molar-refractivity contribution in [3.05, 3.63) is 30.4 Å². The molecule has 0 N–H and O–H groups in total. The molecule has 0 bridgehead atoms. The second kappa shape index (κ2) is 3.89. The predicted molar refractivity (Wildman–Crippen MR) is 60.8 cm³/mol. The average molecular weight is 219 g/mol. The van der Waals surface area contributed by atoms with Crippen LogP contribution in [-0.4, -0.2) is 19.7 Å². The van der Waals surface area contributed by atoms with E-state index < -0.39 is 0 Å². The molecule has 2 rings (SSSR count). The molecule has 1 amide bonds. The molecule has 16 heavy (non-hydrogen) atoms. The van der Waals surface area contributed by atoms with Gasteiger partial charge in [-0.05, 0) is 19.1 Å². The van der Waals surface area contributed by atoms with Crippen molar-refractivity contribution in [3.63, 3.8) is 0 Å². The van der Waals surface area contributed by atoms with Crippen molar-refractivity contribution in [2.24, 2.45) is 0 Å². The first-order valence-electron chi connectivity index (χ1n) is 4.93. The lowest BCUT2D eigenvalue weighted by atomic mass is 10.2. The Bertz CT molecular complexity index is 454. The normalized spacial score (nSPS) is 12.4. The number of carbonyl (C=O) groups excluding carboxylic acids is 1. The molecular weight excluding hydrogens is 206 g/mol. The third kappa shape index (κ3) is 1.74. The number of ether oxygens (including phenoxy) is 2. The minimum absolute atomic E-state index is 0.112. The molecule has 1 aromatic rings. The van der Waals surface area contributed by atoms with Crippen molar-refractivity contribution in [3.8, 4) is 11.5 Å². The van der Waals surface area contributed by atoms with Crippen molar-refractivity contribution >= 4 is 11.6 Å². The van der Waals surface area contributed by atoms with Gasteiger partial charge in [0.05, 0.1) is 0 Å². The van der Waals surface area contributed by atoms with Gasteiger partial charge in [-0.25, -0.2) is 0 Å². The van der Waals surface area contributed by atoms with E-state index in [0.29, 0.717) is 17.1 Å². The van der Waals surface area contributed by atoms with E-state index in [1.54, 1.807) is 26.1 Å². The van der Waals surface area contributed by atoms with Crippen LogP contribution in [0.3, 0.4) is 0 Å². The maximum atomic E-state index is 11.7. The molecule has 0 spiro atoms. The lowest BCUT2D eigenvalue weighted by Crippen LogP contribution is -2.26. The highest BCUT2D eigenvalue weighted by molar-refractivity contribution is 6.04. The first-order valence-corrected chi connectivity index (χ1v) is 4.93. The SMILES string of the molecule is C=C(C)C(=O)N(C)c1ccc2c(c1)OCO2. The molecule has 0 aromatic heterocycles. The fourth-order valence-electron chi connectivity index (χ4n) is 1.50. The highest BCUT2D eigenvalue weighted by Gasteiger charge is 2.17. The number of likely N-dealkylation sites (N-methyl/N-ethyl adjacent to an activating group) is 1. The fourth-order valence-corrected chi connectivity index (χ4v) is 1.50. The van der Waals surface area contributed by atoms with Crippen LogP contribution in [0, 0.1) is 0 Å². The van der Waals surface area contributed by atoms with Crippen LogP contribution >= 0.6 is 0 Å². The minimum Gasteiger partial charge on any atom is -0.454 e.